The van der Waals surface area contributed by atoms with Gasteiger partial charge in [-0.15, -0.1) is 0 Å². The smallest absolute Gasteiger partial charge is 0.150 e. The van der Waals surface area contributed by atoms with E-state index in [0.717, 1.165) is 18.4 Å². The van der Waals surface area contributed by atoms with Crippen molar-refractivity contribution in [2.24, 2.45) is 0 Å². The van der Waals surface area contributed by atoms with Crippen LogP contribution in [0.2, 0.25) is 0 Å². The zero-order chi connectivity index (χ0) is 23.0. The minimum atomic E-state index is 0.322. The molecule has 2 aromatic carbocycles. The van der Waals surface area contributed by atoms with E-state index in [0.29, 0.717) is 28.5 Å². The highest BCUT2D eigenvalue weighted by Crippen LogP contribution is 2.39. The second-order valence-corrected chi connectivity index (χ2v) is 8.62. The minimum Gasteiger partial charge on any atom is -0.456 e. The number of nitriles is 2. The van der Waals surface area contributed by atoms with Crippen molar-refractivity contribution in [3.63, 3.8) is 0 Å². The van der Waals surface area contributed by atoms with Crippen molar-refractivity contribution in [2.75, 3.05) is 0 Å². The molecule has 3 heteroatoms. The molecule has 0 heterocycles. The highest BCUT2D eigenvalue weighted by molar-refractivity contribution is 5.59. The largest absolute Gasteiger partial charge is 0.456 e. The van der Waals surface area contributed by atoms with Gasteiger partial charge in [-0.25, -0.2) is 0 Å². The Labute approximate surface area is 195 Å². The van der Waals surface area contributed by atoms with Gasteiger partial charge in [-0.2, -0.15) is 10.5 Å². The molecule has 0 amide bonds. The molecule has 1 unspecified atom stereocenters. The molecule has 32 heavy (non-hydrogen) atoms. The number of benzene rings is 2. The van der Waals surface area contributed by atoms with E-state index in [9.17, 15) is 10.5 Å². The number of rotatable bonds is 15. The second-order valence-electron chi connectivity index (χ2n) is 8.62. The normalized spacial score (nSPS) is 11.5. The van der Waals surface area contributed by atoms with Gasteiger partial charge in [0.2, 0.25) is 0 Å². The zero-order valence-corrected chi connectivity index (χ0v) is 19.9. The van der Waals surface area contributed by atoms with Gasteiger partial charge >= 0.3 is 0 Å². The first-order valence-corrected chi connectivity index (χ1v) is 12.4. The molecule has 0 aromatic heterocycles. The van der Waals surface area contributed by atoms with Crippen LogP contribution in [0.5, 0.6) is 11.5 Å². The van der Waals surface area contributed by atoms with Crippen LogP contribution in [-0.2, 0) is 0 Å². The Morgan fingerprint density at radius 3 is 1.94 bits per heavy atom. The van der Waals surface area contributed by atoms with Crippen molar-refractivity contribution in [3.8, 4) is 23.6 Å². The van der Waals surface area contributed by atoms with Gasteiger partial charge in [0, 0.05) is 0 Å². The molecule has 0 N–H and O–H groups in total. The summed E-state index contributed by atoms with van der Waals surface area (Å²) in [6.45, 7) is 4.46. The third kappa shape index (κ3) is 8.05. The topological polar surface area (TPSA) is 56.8 Å². The van der Waals surface area contributed by atoms with Crippen molar-refractivity contribution in [1.82, 2.24) is 0 Å². The van der Waals surface area contributed by atoms with Crippen LogP contribution in [0.25, 0.3) is 0 Å². The van der Waals surface area contributed by atoms with Gasteiger partial charge in [0.25, 0.3) is 0 Å². The van der Waals surface area contributed by atoms with Crippen molar-refractivity contribution in [2.45, 2.75) is 96.8 Å². The zero-order valence-electron chi connectivity index (χ0n) is 19.9. The van der Waals surface area contributed by atoms with Crippen LogP contribution in [0.1, 0.15) is 114 Å². The summed E-state index contributed by atoms with van der Waals surface area (Å²) in [5, 5.41) is 19.2. The van der Waals surface area contributed by atoms with Gasteiger partial charge in [0.15, 0.2) is 0 Å². The average molecular weight is 431 g/mol. The number of hydrogen-bond donors (Lipinski definition) is 0. The fourth-order valence-electron chi connectivity index (χ4n) is 4.30. The predicted octanol–water partition coefficient (Wildman–Crippen LogP) is 9.03. The van der Waals surface area contributed by atoms with E-state index in [2.05, 4.69) is 26.0 Å². The quantitative estimate of drug-likeness (QED) is 0.265. The van der Waals surface area contributed by atoms with Crippen molar-refractivity contribution in [3.05, 3.63) is 59.2 Å². The van der Waals surface area contributed by atoms with Crippen LogP contribution < -0.4 is 4.74 Å². The summed E-state index contributed by atoms with van der Waals surface area (Å²) < 4.78 is 6.18. The molecule has 3 nitrogen and oxygen atoms in total. The Hall–Kier alpha value is -2.78. The Morgan fingerprint density at radius 1 is 0.750 bits per heavy atom. The predicted molar refractivity (Wildman–Crippen MR) is 132 cm³/mol. The SMILES string of the molecule is CCCCCCCCCCCCC(CC)c1ccc(C#N)c(C#N)c1Oc1ccccc1. The fourth-order valence-corrected chi connectivity index (χ4v) is 4.30. The maximum atomic E-state index is 9.77. The third-order valence-corrected chi connectivity index (χ3v) is 6.22. The van der Waals surface area contributed by atoms with E-state index >= 15 is 0 Å². The molecule has 0 fully saturated rings. The van der Waals surface area contributed by atoms with Crippen LogP contribution >= 0.6 is 0 Å². The van der Waals surface area contributed by atoms with E-state index in [1.165, 1.54) is 64.2 Å². The molecule has 170 valence electrons. The first-order chi connectivity index (χ1) is 15.7. The summed E-state index contributed by atoms with van der Waals surface area (Å²) in [5.74, 6) is 1.56. The van der Waals surface area contributed by atoms with Gasteiger partial charge in [-0.1, -0.05) is 102 Å². The van der Waals surface area contributed by atoms with Gasteiger partial charge in [0.1, 0.15) is 29.2 Å². The van der Waals surface area contributed by atoms with Gasteiger partial charge in [0.05, 0.1) is 5.56 Å². The van der Waals surface area contributed by atoms with E-state index < -0.39 is 0 Å². The van der Waals surface area contributed by atoms with Crippen LogP contribution in [0.4, 0.5) is 0 Å². The van der Waals surface area contributed by atoms with Crippen LogP contribution in [-0.4, -0.2) is 0 Å². The lowest BCUT2D eigenvalue weighted by atomic mass is 9.88. The van der Waals surface area contributed by atoms with E-state index in [1.807, 2.05) is 36.4 Å². The fraction of sp³-hybridized carbons (Fsp3) is 0.517. The lowest BCUT2D eigenvalue weighted by molar-refractivity contribution is 0.455. The number of hydrogen-bond acceptors (Lipinski definition) is 3. The highest BCUT2D eigenvalue weighted by atomic mass is 16.5. The van der Waals surface area contributed by atoms with Crippen molar-refractivity contribution in [1.29, 1.82) is 10.5 Å². The first kappa shape index (κ1) is 25.5. The van der Waals surface area contributed by atoms with Crippen molar-refractivity contribution < 1.29 is 4.74 Å². The van der Waals surface area contributed by atoms with Crippen molar-refractivity contribution >= 4 is 0 Å². The molecule has 1 atom stereocenters. The summed E-state index contributed by atoms with van der Waals surface area (Å²) in [5.41, 5.74) is 1.76. The molecular formula is C29H38N2O. The van der Waals surface area contributed by atoms with E-state index in [4.69, 9.17) is 4.74 Å². The molecular weight excluding hydrogens is 392 g/mol. The number of ether oxygens (including phenoxy) is 1. The Morgan fingerprint density at radius 2 is 1.38 bits per heavy atom. The molecule has 2 rings (SSSR count). The van der Waals surface area contributed by atoms with Gasteiger partial charge in [-0.05, 0) is 42.5 Å². The molecule has 2 aromatic rings. The number of unbranched alkanes of at least 4 members (excludes halogenated alkanes) is 9. The molecule has 0 saturated heterocycles. The Kier molecular flexibility index (Phi) is 12.0. The van der Waals surface area contributed by atoms with Gasteiger partial charge in [-0.3, -0.25) is 0 Å². The Balaban J connectivity index is 1.98. The summed E-state index contributed by atoms with van der Waals surface area (Å²) in [7, 11) is 0. The third-order valence-electron chi connectivity index (χ3n) is 6.22. The average Bonchev–Trinajstić information content (AvgIpc) is 2.83. The summed E-state index contributed by atoms with van der Waals surface area (Å²) >= 11 is 0. The van der Waals surface area contributed by atoms with Crippen LogP contribution in [0.15, 0.2) is 42.5 Å². The standard InChI is InChI=1S/C29H38N2O/c1-3-5-6-7-8-9-10-11-12-14-17-24(4-2)27-21-20-25(22-30)28(23-31)29(27)32-26-18-15-13-16-19-26/h13,15-16,18-21,24H,3-12,14,17H2,1-2H3. The lowest BCUT2D eigenvalue weighted by Crippen LogP contribution is -2.04. The molecule has 0 saturated carbocycles. The molecule has 0 aliphatic rings. The maximum absolute atomic E-state index is 9.77. The lowest BCUT2D eigenvalue weighted by Gasteiger charge is -2.21. The molecule has 0 aliphatic carbocycles. The summed E-state index contributed by atoms with van der Waals surface area (Å²) in [6.07, 6.45) is 15.3. The Bertz CT molecular complexity index is 877. The monoisotopic (exact) mass is 430 g/mol. The maximum Gasteiger partial charge on any atom is 0.150 e. The minimum absolute atomic E-state index is 0.322. The molecule has 0 aliphatic heterocycles. The number of para-hydroxylation sites is 1. The first-order valence-electron chi connectivity index (χ1n) is 12.4. The summed E-state index contributed by atoms with van der Waals surface area (Å²) in [4.78, 5) is 0. The van der Waals surface area contributed by atoms with Crippen LogP contribution in [0.3, 0.4) is 0 Å². The molecule has 0 radical (unpaired) electrons. The van der Waals surface area contributed by atoms with Crippen LogP contribution in [0, 0.1) is 22.7 Å². The molecule has 0 spiro atoms. The van der Waals surface area contributed by atoms with E-state index in [1.54, 1.807) is 6.07 Å². The van der Waals surface area contributed by atoms with Gasteiger partial charge < -0.3 is 4.74 Å². The summed E-state index contributed by atoms with van der Waals surface area (Å²) in [6, 6.07) is 17.6. The van der Waals surface area contributed by atoms with E-state index in [-0.39, 0.29) is 0 Å². The number of nitrogens with zero attached hydrogens (tertiary/aromatic N) is 2. The molecule has 0 bridgehead atoms. The highest BCUT2D eigenvalue weighted by Gasteiger charge is 2.21. The second kappa shape index (κ2) is 15.1.